The minimum atomic E-state index is -0.117. The molecule has 0 atom stereocenters. The zero-order valence-corrected chi connectivity index (χ0v) is 11.6. The molecular formula is C15H22N2O2. The zero-order chi connectivity index (χ0) is 13.5. The number of carbonyl (C=O) groups excluding carboxylic acids is 1. The van der Waals surface area contributed by atoms with Crippen LogP contribution in [0.25, 0.3) is 0 Å². The molecule has 1 aromatic heterocycles. The number of aromatic nitrogens is 1. The van der Waals surface area contributed by atoms with Crippen molar-refractivity contribution in [3.8, 4) is 0 Å². The van der Waals surface area contributed by atoms with Gasteiger partial charge in [-0.2, -0.15) is 0 Å². The van der Waals surface area contributed by atoms with Crippen molar-refractivity contribution in [1.82, 2.24) is 4.98 Å². The summed E-state index contributed by atoms with van der Waals surface area (Å²) in [6.07, 6.45) is 7.03. The molecule has 0 spiro atoms. The van der Waals surface area contributed by atoms with Gasteiger partial charge in [-0.3, -0.25) is 4.79 Å². The molecule has 1 heterocycles. The van der Waals surface area contributed by atoms with Gasteiger partial charge in [0.15, 0.2) is 0 Å². The van der Waals surface area contributed by atoms with Crippen LogP contribution < -0.4 is 5.32 Å². The number of aryl methyl sites for hydroxylation is 2. The van der Waals surface area contributed by atoms with E-state index < -0.39 is 0 Å². The number of unbranched alkanes of at least 4 members (excludes halogenated alkanes) is 2. The second-order valence-electron chi connectivity index (χ2n) is 4.97. The number of esters is 1. The van der Waals surface area contributed by atoms with Crippen LogP contribution in [0.4, 0.5) is 5.82 Å². The SMILES string of the molecule is COC(=O)CCCCCNc1ccc2c(n1)CCC2. The fourth-order valence-electron chi connectivity index (χ4n) is 2.41. The number of carbonyl (C=O) groups is 1. The fraction of sp³-hybridized carbons (Fsp3) is 0.600. The van der Waals surface area contributed by atoms with Gasteiger partial charge in [0, 0.05) is 18.7 Å². The Morgan fingerprint density at radius 2 is 2.21 bits per heavy atom. The van der Waals surface area contributed by atoms with Crippen LogP contribution in [0.2, 0.25) is 0 Å². The highest BCUT2D eigenvalue weighted by molar-refractivity contribution is 5.68. The van der Waals surface area contributed by atoms with Gasteiger partial charge in [0.2, 0.25) is 0 Å². The number of rotatable bonds is 7. The van der Waals surface area contributed by atoms with E-state index >= 15 is 0 Å². The normalized spacial score (nSPS) is 13.1. The Labute approximate surface area is 114 Å². The van der Waals surface area contributed by atoms with Gasteiger partial charge < -0.3 is 10.1 Å². The number of methoxy groups -OCH3 is 1. The molecule has 0 aliphatic heterocycles. The molecule has 0 aromatic carbocycles. The lowest BCUT2D eigenvalue weighted by atomic mass is 10.2. The molecule has 0 fully saturated rings. The molecule has 4 heteroatoms. The summed E-state index contributed by atoms with van der Waals surface area (Å²) in [7, 11) is 1.43. The number of nitrogens with one attached hydrogen (secondary N) is 1. The summed E-state index contributed by atoms with van der Waals surface area (Å²) >= 11 is 0. The van der Waals surface area contributed by atoms with Crippen LogP contribution in [0.5, 0.6) is 0 Å². The largest absolute Gasteiger partial charge is 0.469 e. The first-order valence-corrected chi connectivity index (χ1v) is 7.09. The minimum Gasteiger partial charge on any atom is -0.469 e. The lowest BCUT2D eigenvalue weighted by Gasteiger charge is -2.07. The van der Waals surface area contributed by atoms with Gasteiger partial charge in [-0.15, -0.1) is 0 Å². The van der Waals surface area contributed by atoms with Crippen LogP contribution in [0.1, 0.15) is 43.4 Å². The Balaban J connectivity index is 1.62. The maximum absolute atomic E-state index is 10.9. The molecule has 0 amide bonds. The first-order valence-electron chi connectivity index (χ1n) is 7.09. The Kier molecular flexibility index (Phi) is 5.19. The van der Waals surface area contributed by atoms with Gasteiger partial charge in [0.25, 0.3) is 0 Å². The maximum Gasteiger partial charge on any atom is 0.305 e. The van der Waals surface area contributed by atoms with E-state index in [-0.39, 0.29) is 5.97 Å². The van der Waals surface area contributed by atoms with Crippen molar-refractivity contribution >= 4 is 11.8 Å². The molecule has 104 valence electrons. The van der Waals surface area contributed by atoms with Crippen molar-refractivity contribution in [3.05, 3.63) is 23.4 Å². The highest BCUT2D eigenvalue weighted by atomic mass is 16.5. The molecule has 19 heavy (non-hydrogen) atoms. The zero-order valence-electron chi connectivity index (χ0n) is 11.6. The number of fused-ring (bicyclic) bond motifs is 1. The number of pyridine rings is 1. The second kappa shape index (κ2) is 7.12. The number of hydrogen-bond donors (Lipinski definition) is 1. The summed E-state index contributed by atoms with van der Waals surface area (Å²) < 4.78 is 4.60. The number of ether oxygens (including phenoxy) is 1. The predicted octanol–water partition coefficient (Wildman–Crippen LogP) is 2.72. The van der Waals surface area contributed by atoms with E-state index in [1.807, 2.05) is 0 Å². The standard InChI is InChI=1S/C15H22N2O2/c1-19-15(18)8-3-2-4-11-16-14-10-9-12-6-5-7-13(12)17-14/h9-10H,2-8,11H2,1H3,(H,16,17). The van der Waals surface area contributed by atoms with Crippen LogP contribution in [0.15, 0.2) is 12.1 Å². The highest BCUT2D eigenvalue weighted by Gasteiger charge is 2.11. The Hall–Kier alpha value is -1.58. The molecule has 1 aromatic rings. The lowest BCUT2D eigenvalue weighted by molar-refractivity contribution is -0.140. The van der Waals surface area contributed by atoms with Crippen LogP contribution in [-0.2, 0) is 22.4 Å². The smallest absolute Gasteiger partial charge is 0.305 e. The fourth-order valence-corrected chi connectivity index (χ4v) is 2.41. The summed E-state index contributed by atoms with van der Waals surface area (Å²) in [5.41, 5.74) is 2.67. The quantitative estimate of drug-likeness (QED) is 0.606. The van der Waals surface area contributed by atoms with E-state index in [1.165, 1.54) is 31.2 Å². The molecule has 0 saturated carbocycles. The molecule has 0 unspecified atom stereocenters. The van der Waals surface area contributed by atoms with Crippen molar-refractivity contribution in [2.45, 2.75) is 44.9 Å². The summed E-state index contributed by atoms with van der Waals surface area (Å²) in [6, 6.07) is 4.26. The highest BCUT2D eigenvalue weighted by Crippen LogP contribution is 2.21. The van der Waals surface area contributed by atoms with Crippen LogP contribution in [-0.4, -0.2) is 24.6 Å². The first kappa shape index (κ1) is 13.8. The van der Waals surface area contributed by atoms with Crippen LogP contribution in [0.3, 0.4) is 0 Å². The van der Waals surface area contributed by atoms with Crippen molar-refractivity contribution in [2.75, 3.05) is 19.0 Å². The van der Waals surface area contributed by atoms with Crippen molar-refractivity contribution in [1.29, 1.82) is 0 Å². The van der Waals surface area contributed by atoms with Crippen LogP contribution >= 0.6 is 0 Å². The maximum atomic E-state index is 10.9. The molecule has 0 saturated heterocycles. The summed E-state index contributed by atoms with van der Waals surface area (Å²) in [5, 5.41) is 3.35. The third kappa shape index (κ3) is 4.23. The number of hydrogen-bond acceptors (Lipinski definition) is 4. The molecule has 0 bridgehead atoms. The van der Waals surface area contributed by atoms with E-state index in [2.05, 4.69) is 27.2 Å². The third-order valence-corrected chi connectivity index (χ3v) is 3.52. The monoisotopic (exact) mass is 262 g/mol. The summed E-state index contributed by atoms with van der Waals surface area (Å²) in [5.74, 6) is 0.863. The second-order valence-corrected chi connectivity index (χ2v) is 4.97. The molecule has 0 radical (unpaired) electrons. The first-order chi connectivity index (χ1) is 9.29. The molecule has 1 aliphatic carbocycles. The third-order valence-electron chi connectivity index (χ3n) is 3.52. The van der Waals surface area contributed by atoms with E-state index in [9.17, 15) is 4.79 Å². The van der Waals surface area contributed by atoms with Gasteiger partial charge in [0.1, 0.15) is 5.82 Å². The molecule has 1 N–H and O–H groups in total. The van der Waals surface area contributed by atoms with Gasteiger partial charge >= 0.3 is 5.97 Å². The Bertz CT molecular complexity index is 432. The average Bonchev–Trinajstić information content (AvgIpc) is 2.89. The van der Waals surface area contributed by atoms with Crippen molar-refractivity contribution in [3.63, 3.8) is 0 Å². The lowest BCUT2D eigenvalue weighted by Crippen LogP contribution is -2.05. The minimum absolute atomic E-state index is 0.117. The average molecular weight is 262 g/mol. The molecule has 1 aliphatic rings. The summed E-state index contributed by atoms with van der Waals surface area (Å²) in [6.45, 7) is 0.910. The number of nitrogens with zero attached hydrogens (tertiary/aromatic N) is 1. The van der Waals surface area contributed by atoms with Gasteiger partial charge in [-0.1, -0.05) is 12.5 Å². The van der Waals surface area contributed by atoms with Crippen molar-refractivity contribution < 1.29 is 9.53 Å². The van der Waals surface area contributed by atoms with Gasteiger partial charge in [-0.25, -0.2) is 4.98 Å². The van der Waals surface area contributed by atoms with Crippen molar-refractivity contribution in [2.24, 2.45) is 0 Å². The molecule has 2 rings (SSSR count). The topological polar surface area (TPSA) is 51.2 Å². The predicted molar refractivity (Wildman–Crippen MR) is 75.2 cm³/mol. The van der Waals surface area contributed by atoms with Gasteiger partial charge in [0.05, 0.1) is 7.11 Å². The number of anilines is 1. The molecule has 4 nitrogen and oxygen atoms in total. The van der Waals surface area contributed by atoms with E-state index in [0.717, 1.165) is 38.0 Å². The van der Waals surface area contributed by atoms with E-state index in [1.54, 1.807) is 0 Å². The molecular weight excluding hydrogens is 240 g/mol. The van der Waals surface area contributed by atoms with Gasteiger partial charge in [-0.05, 0) is 43.7 Å². The van der Waals surface area contributed by atoms with E-state index in [0.29, 0.717) is 6.42 Å². The van der Waals surface area contributed by atoms with E-state index in [4.69, 9.17) is 0 Å². The Morgan fingerprint density at radius 3 is 3.05 bits per heavy atom. The van der Waals surface area contributed by atoms with Crippen LogP contribution in [0, 0.1) is 0 Å². The summed E-state index contributed by atoms with van der Waals surface area (Å²) in [4.78, 5) is 15.6. The Morgan fingerprint density at radius 1 is 1.32 bits per heavy atom.